The Morgan fingerprint density at radius 2 is 2.29 bits per heavy atom. The van der Waals surface area contributed by atoms with Crippen molar-refractivity contribution >= 4 is 23.5 Å². The molecule has 28 heavy (non-hydrogen) atoms. The van der Waals surface area contributed by atoms with Gasteiger partial charge in [0.2, 0.25) is 4.80 Å². The molecule has 0 atom stereocenters. The summed E-state index contributed by atoms with van der Waals surface area (Å²) in [7, 11) is 1.62. The fourth-order valence-corrected chi connectivity index (χ4v) is 3.28. The average Bonchev–Trinajstić information content (AvgIpc) is 3.10. The monoisotopic (exact) mass is 397 g/mol. The number of benzene rings is 1. The molecule has 8 nitrogen and oxygen atoms in total. The fraction of sp³-hybridized carbons (Fsp3) is 0.158. The van der Waals surface area contributed by atoms with Crippen LogP contribution in [0.1, 0.15) is 15.9 Å². The number of ether oxygens (including phenoxy) is 1. The second-order valence-corrected chi connectivity index (χ2v) is 6.55. The number of hydrogen-bond acceptors (Lipinski definition) is 7. The van der Waals surface area contributed by atoms with Crippen molar-refractivity contribution in [2.24, 2.45) is 15.8 Å². The average molecular weight is 397 g/mol. The van der Waals surface area contributed by atoms with E-state index in [4.69, 9.17) is 10.5 Å². The molecule has 1 aromatic carbocycles. The molecule has 0 aliphatic heterocycles. The molecule has 0 fully saturated rings. The lowest BCUT2D eigenvalue weighted by molar-refractivity contribution is 0.0998. The number of thiazole rings is 1. The molecule has 0 aliphatic carbocycles. The van der Waals surface area contributed by atoms with Crippen LogP contribution in [0, 0.1) is 0 Å². The van der Waals surface area contributed by atoms with Gasteiger partial charge in [-0.2, -0.15) is 5.10 Å². The minimum Gasteiger partial charge on any atom is -0.507 e. The largest absolute Gasteiger partial charge is 0.507 e. The highest BCUT2D eigenvalue weighted by Gasteiger charge is 2.13. The number of aromatic nitrogens is 2. The molecular weight excluding hydrogens is 378 g/mol. The van der Waals surface area contributed by atoms with Crippen molar-refractivity contribution in [2.45, 2.75) is 0 Å². The lowest BCUT2D eigenvalue weighted by Crippen LogP contribution is -2.14. The summed E-state index contributed by atoms with van der Waals surface area (Å²) >= 11 is 1.41. The molecule has 0 radical (unpaired) electrons. The van der Waals surface area contributed by atoms with Crippen molar-refractivity contribution in [3.05, 3.63) is 64.0 Å². The third-order valence-electron chi connectivity index (χ3n) is 3.79. The van der Waals surface area contributed by atoms with Gasteiger partial charge in [-0.3, -0.25) is 14.8 Å². The number of hydrogen-bond donors (Lipinski definition) is 2. The number of nitrogens with zero attached hydrogens (tertiary/aromatic N) is 4. The number of rotatable bonds is 7. The number of nitrogens with two attached hydrogens (primary N) is 1. The molecule has 3 aromatic rings. The molecule has 2 heterocycles. The predicted molar refractivity (Wildman–Crippen MR) is 107 cm³/mol. The summed E-state index contributed by atoms with van der Waals surface area (Å²) < 4.78 is 6.73. The van der Waals surface area contributed by atoms with Crippen LogP contribution in [-0.4, -0.2) is 47.1 Å². The van der Waals surface area contributed by atoms with Gasteiger partial charge in [0.1, 0.15) is 5.75 Å². The van der Waals surface area contributed by atoms with Crippen molar-refractivity contribution in [3.8, 4) is 17.0 Å². The second-order valence-electron chi connectivity index (χ2n) is 5.72. The molecule has 0 aliphatic rings. The first-order valence-corrected chi connectivity index (χ1v) is 9.25. The zero-order chi connectivity index (χ0) is 19.9. The molecule has 144 valence electrons. The summed E-state index contributed by atoms with van der Waals surface area (Å²) in [5.74, 6) is -0.869. The highest BCUT2D eigenvalue weighted by Crippen LogP contribution is 2.26. The molecule has 0 spiro atoms. The van der Waals surface area contributed by atoms with Crippen molar-refractivity contribution in [3.63, 3.8) is 0 Å². The molecule has 3 N–H and O–H groups in total. The van der Waals surface area contributed by atoms with Gasteiger partial charge < -0.3 is 15.6 Å². The Hall–Kier alpha value is -3.30. The van der Waals surface area contributed by atoms with E-state index in [9.17, 15) is 9.90 Å². The molecule has 9 heteroatoms. The highest BCUT2D eigenvalue weighted by atomic mass is 32.1. The number of carbonyl (C=O) groups is 1. The summed E-state index contributed by atoms with van der Waals surface area (Å²) in [5.41, 5.74) is 7.62. The minimum atomic E-state index is -0.704. The maximum atomic E-state index is 11.6. The number of carbonyl (C=O) groups excluding carboxylic acids is 1. The molecular formula is C19H19N5O3S. The van der Waals surface area contributed by atoms with Crippen LogP contribution in [0.4, 0.5) is 0 Å². The lowest BCUT2D eigenvalue weighted by atomic mass is 10.1. The van der Waals surface area contributed by atoms with Gasteiger partial charge in [0.05, 0.1) is 30.6 Å². The number of amides is 1. The smallest absolute Gasteiger partial charge is 0.252 e. The minimum absolute atomic E-state index is 0.0457. The number of primary amides is 1. The Balaban J connectivity index is 2.09. The van der Waals surface area contributed by atoms with E-state index < -0.39 is 5.91 Å². The number of aromatic hydroxyl groups is 1. The van der Waals surface area contributed by atoms with Gasteiger partial charge in [0.15, 0.2) is 0 Å². The van der Waals surface area contributed by atoms with Crippen LogP contribution in [0.3, 0.4) is 0 Å². The predicted octanol–water partition coefficient (Wildman–Crippen LogP) is 1.85. The third kappa shape index (κ3) is 4.51. The van der Waals surface area contributed by atoms with Crippen molar-refractivity contribution < 1.29 is 14.6 Å². The fourth-order valence-electron chi connectivity index (χ4n) is 2.42. The van der Waals surface area contributed by atoms with Gasteiger partial charge in [-0.25, -0.2) is 4.68 Å². The first-order chi connectivity index (χ1) is 13.6. The van der Waals surface area contributed by atoms with Crippen LogP contribution in [0.5, 0.6) is 5.75 Å². The lowest BCUT2D eigenvalue weighted by Gasteiger charge is -2.06. The van der Waals surface area contributed by atoms with Crippen molar-refractivity contribution in [2.75, 3.05) is 20.3 Å². The number of pyridine rings is 1. The topological polar surface area (TPSA) is 115 Å². The maximum Gasteiger partial charge on any atom is 0.252 e. The van der Waals surface area contributed by atoms with Crippen LogP contribution in [0.25, 0.3) is 11.3 Å². The molecule has 0 unspecified atom stereocenters. The van der Waals surface area contributed by atoms with E-state index in [0.717, 1.165) is 5.56 Å². The van der Waals surface area contributed by atoms with Crippen LogP contribution in [-0.2, 0) is 4.74 Å². The van der Waals surface area contributed by atoms with Gasteiger partial charge in [0.25, 0.3) is 5.91 Å². The molecule has 2 aromatic heterocycles. The third-order valence-corrected chi connectivity index (χ3v) is 4.65. The Labute approximate surface area is 165 Å². The molecule has 0 saturated heterocycles. The van der Waals surface area contributed by atoms with Gasteiger partial charge in [-0.05, 0) is 24.3 Å². The maximum absolute atomic E-state index is 11.6. The summed E-state index contributed by atoms with van der Waals surface area (Å²) in [5, 5.41) is 16.3. The summed E-state index contributed by atoms with van der Waals surface area (Å²) in [6, 6.07) is 8.37. The van der Waals surface area contributed by atoms with E-state index in [1.165, 1.54) is 23.5 Å². The van der Waals surface area contributed by atoms with Gasteiger partial charge in [0, 0.05) is 36.0 Å². The zero-order valence-corrected chi connectivity index (χ0v) is 16.0. The second kappa shape index (κ2) is 9.07. The Kier molecular flexibility index (Phi) is 6.30. The van der Waals surface area contributed by atoms with E-state index in [1.54, 1.807) is 36.5 Å². The first-order valence-electron chi connectivity index (χ1n) is 8.37. The van der Waals surface area contributed by atoms with E-state index in [2.05, 4.69) is 15.1 Å². The summed E-state index contributed by atoms with van der Waals surface area (Å²) in [4.78, 5) is 20.8. The molecule has 1 amide bonds. The SMILES string of the molecule is COCCN=c1scc(-c2ccc(O)c(C(N)=O)c2)n1N=Cc1cccnc1. The Bertz CT molecular complexity index is 1060. The van der Waals surface area contributed by atoms with Crippen molar-refractivity contribution in [1.82, 2.24) is 9.66 Å². The van der Waals surface area contributed by atoms with Crippen LogP contribution >= 0.6 is 11.3 Å². The van der Waals surface area contributed by atoms with E-state index in [-0.39, 0.29) is 11.3 Å². The Morgan fingerprint density at radius 3 is 3.00 bits per heavy atom. The van der Waals surface area contributed by atoms with E-state index >= 15 is 0 Å². The summed E-state index contributed by atoms with van der Waals surface area (Å²) in [6.07, 6.45) is 5.06. The van der Waals surface area contributed by atoms with E-state index in [1.807, 2.05) is 17.5 Å². The van der Waals surface area contributed by atoms with Crippen molar-refractivity contribution in [1.29, 1.82) is 0 Å². The standard InChI is InChI=1S/C19H19N5O3S/c1-27-8-7-22-19-24(23-11-13-3-2-6-21-10-13)16(12-28-19)14-4-5-17(25)15(9-14)18(20)26/h2-6,9-12,25H,7-8H2,1H3,(H2,20,26). The van der Waals surface area contributed by atoms with Crippen LogP contribution in [0.15, 0.2) is 58.2 Å². The highest BCUT2D eigenvalue weighted by molar-refractivity contribution is 7.07. The quantitative estimate of drug-likeness (QED) is 0.467. The Morgan fingerprint density at radius 1 is 1.43 bits per heavy atom. The molecule has 0 bridgehead atoms. The summed E-state index contributed by atoms with van der Waals surface area (Å²) in [6.45, 7) is 0.978. The molecule has 3 rings (SSSR count). The first kappa shape index (κ1) is 19.5. The molecule has 0 saturated carbocycles. The zero-order valence-electron chi connectivity index (χ0n) is 15.1. The van der Waals surface area contributed by atoms with Crippen LogP contribution in [0.2, 0.25) is 0 Å². The normalized spacial score (nSPS) is 12.0. The van der Waals surface area contributed by atoms with Crippen LogP contribution < -0.4 is 10.5 Å². The van der Waals surface area contributed by atoms with E-state index in [0.29, 0.717) is 29.2 Å². The van der Waals surface area contributed by atoms with Gasteiger partial charge >= 0.3 is 0 Å². The van der Waals surface area contributed by atoms with Gasteiger partial charge in [-0.1, -0.05) is 6.07 Å². The number of methoxy groups -OCH3 is 1. The van der Waals surface area contributed by atoms with Gasteiger partial charge in [-0.15, -0.1) is 11.3 Å². The number of phenols is 1.